The third-order valence-electron chi connectivity index (χ3n) is 9.68. The molecule has 202 valence electrons. The molecule has 1 N–H and O–H groups in total. The molecule has 0 saturated heterocycles. The highest BCUT2D eigenvalue weighted by Gasteiger charge is 2.54. The number of aliphatic hydroxyl groups excluding tert-OH is 1. The number of fused-ring (bicyclic) bond motifs is 1. The van der Waals surface area contributed by atoms with E-state index in [-0.39, 0.29) is 29.0 Å². The van der Waals surface area contributed by atoms with Crippen molar-refractivity contribution < 1.29 is 19.1 Å². The van der Waals surface area contributed by atoms with Crippen LogP contribution in [0.1, 0.15) is 90.9 Å². The topological polar surface area (TPSA) is 55.8 Å². The van der Waals surface area contributed by atoms with Gasteiger partial charge < -0.3 is 14.3 Å². The summed E-state index contributed by atoms with van der Waals surface area (Å²) in [5, 5.41) is 11.3. The van der Waals surface area contributed by atoms with Crippen LogP contribution in [0.2, 0.25) is 18.1 Å². The number of hydrogen-bond donors (Lipinski definition) is 1. The lowest BCUT2D eigenvalue weighted by atomic mass is 9.61. The lowest BCUT2D eigenvalue weighted by Crippen LogP contribution is -2.45. The van der Waals surface area contributed by atoms with Gasteiger partial charge in [0.25, 0.3) is 0 Å². The van der Waals surface area contributed by atoms with Crippen molar-refractivity contribution in [3.05, 3.63) is 48.0 Å². The highest BCUT2D eigenvalue weighted by Crippen LogP contribution is 2.58. The number of ether oxygens (including phenoxy) is 1. The Morgan fingerprint density at radius 1 is 1.14 bits per heavy atom. The first kappa shape index (κ1) is 29.1. The molecule has 0 unspecified atom stereocenters. The molecule has 0 bridgehead atoms. The molecule has 0 amide bonds. The van der Waals surface area contributed by atoms with E-state index in [1.54, 1.807) is 0 Å². The van der Waals surface area contributed by atoms with Crippen LogP contribution >= 0.6 is 0 Å². The molecule has 4 nitrogen and oxygen atoms in total. The molecule has 2 aliphatic rings. The van der Waals surface area contributed by atoms with Gasteiger partial charge in [-0.3, -0.25) is 0 Å². The van der Waals surface area contributed by atoms with Gasteiger partial charge in [-0.2, -0.15) is 0 Å². The smallest absolute Gasteiger partial charge is 0.338 e. The number of rotatable bonds is 11. The fourth-order valence-electron chi connectivity index (χ4n) is 7.25. The Bertz CT molecular complexity index is 870. The largest absolute Gasteiger partial charge is 0.458 e. The Labute approximate surface area is 221 Å². The molecule has 5 heteroatoms. The zero-order valence-corrected chi connectivity index (χ0v) is 24.8. The highest BCUT2D eigenvalue weighted by atomic mass is 28.4. The van der Waals surface area contributed by atoms with Crippen LogP contribution in [-0.2, 0) is 9.16 Å². The molecule has 6 atom stereocenters. The molecular formula is C31H50O4Si. The van der Waals surface area contributed by atoms with Crippen molar-refractivity contribution >= 4 is 14.3 Å². The quantitative estimate of drug-likeness (QED) is 0.186. The third kappa shape index (κ3) is 6.34. The summed E-state index contributed by atoms with van der Waals surface area (Å²) in [4.78, 5) is 12.8. The summed E-state index contributed by atoms with van der Waals surface area (Å²) in [7, 11) is -1.73. The van der Waals surface area contributed by atoms with Crippen LogP contribution in [0, 0.1) is 23.2 Å². The Morgan fingerprint density at radius 3 is 2.39 bits per heavy atom. The average molecular weight is 515 g/mol. The zero-order chi connectivity index (χ0) is 26.6. The van der Waals surface area contributed by atoms with Crippen molar-refractivity contribution in [2.75, 3.05) is 0 Å². The van der Waals surface area contributed by atoms with Gasteiger partial charge in [0.05, 0.1) is 17.3 Å². The lowest BCUT2D eigenvalue weighted by Gasteiger charge is -2.46. The Hall–Kier alpha value is -1.43. The lowest BCUT2D eigenvalue weighted by molar-refractivity contribution is -0.0538. The molecule has 0 aliphatic heterocycles. The SMILES string of the molecule is CC[Si](CC)(CC)OC(C)(C)/C=C/[C@H](O)[C@@H](C)[C@H]1CC[C@H]2[C@@H](OC(=O)c3ccccc3)CCC[C@]12C. The Kier molecular flexibility index (Phi) is 9.67. The van der Waals surface area contributed by atoms with Gasteiger partial charge >= 0.3 is 5.97 Å². The monoisotopic (exact) mass is 514 g/mol. The summed E-state index contributed by atoms with van der Waals surface area (Å²) in [6.07, 6.45) is 8.79. The molecule has 2 saturated carbocycles. The summed E-state index contributed by atoms with van der Waals surface area (Å²) in [6, 6.07) is 12.7. The van der Waals surface area contributed by atoms with Gasteiger partial charge in [0.2, 0.25) is 0 Å². The molecule has 0 aromatic heterocycles. The molecule has 0 heterocycles. The second-order valence-corrected chi connectivity index (χ2v) is 16.8. The third-order valence-corrected chi connectivity index (χ3v) is 14.5. The van der Waals surface area contributed by atoms with E-state index in [1.165, 1.54) is 0 Å². The standard InChI is InChI=1S/C31H50O4Si/c1-8-36(9-2,10-3)35-30(5,6)22-20-27(32)23(4)25-18-19-26-28(17-14-21-31(25,26)7)34-29(33)24-15-12-11-13-16-24/h11-13,15-16,20,22-23,25-28,32H,8-10,14,17-19,21H2,1-7H3/b22-20+/t23-,25+,26-,27-,28-,31+/m0/s1. The molecule has 2 fully saturated rings. The molecule has 2 aliphatic carbocycles. The summed E-state index contributed by atoms with van der Waals surface area (Å²) >= 11 is 0. The van der Waals surface area contributed by atoms with E-state index in [1.807, 2.05) is 36.4 Å². The minimum absolute atomic E-state index is 0.0381. The van der Waals surface area contributed by atoms with Crippen molar-refractivity contribution in [1.82, 2.24) is 0 Å². The number of aliphatic hydroxyl groups is 1. The van der Waals surface area contributed by atoms with E-state index >= 15 is 0 Å². The van der Waals surface area contributed by atoms with Crippen molar-refractivity contribution in [3.8, 4) is 0 Å². The van der Waals surface area contributed by atoms with Crippen LogP contribution in [0.15, 0.2) is 42.5 Å². The number of esters is 1. The second-order valence-electron chi connectivity index (χ2n) is 12.2. The van der Waals surface area contributed by atoms with E-state index in [4.69, 9.17) is 9.16 Å². The Balaban J connectivity index is 1.67. The van der Waals surface area contributed by atoms with Crippen molar-refractivity contribution in [1.29, 1.82) is 0 Å². The molecule has 0 radical (unpaired) electrons. The minimum Gasteiger partial charge on any atom is -0.458 e. The summed E-state index contributed by atoms with van der Waals surface area (Å²) in [5.74, 6) is 0.686. The Morgan fingerprint density at radius 2 is 1.78 bits per heavy atom. The van der Waals surface area contributed by atoms with Crippen molar-refractivity contribution in [2.45, 2.75) is 117 Å². The first-order valence-electron chi connectivity index (χ1n) is 14.3. The maximum Gasteiger partial charge on any atom is 0.338 e. The molecule has 0 spiro atoms. The number of carbonyl (C=O) groups is 1. The number of carbonyl (C=O) groups excluding carboxylic acids is 1. The van der Waals surface area contributed by atoms with E-state index in [0.29, 0.717) is 17.4 Å². The predicted octanol–water partition coefficient (Wildman–Crippen LogP) is 7.78. The van der Waals surface area contributed by atoms with E-state index < -0.39 is 14.4 Å². The van der Waals surface area contributed by atoms with Crippen molar-refractivity contribution in [2.24, 2.45) is 23.2 Å². The van der Waals surface area contributed by atoms with Gasteiger partial charge in [-0.25, -0.2) is 4.79 Å². The molecule has 3 rings (SSSR count). The zero-order valence-electron chi connectivity index (χ0n) is 23.8. The van der Waals surface area contributed by atoms with Gasteiger partial charge in [0, 0.05) is 5.92 Å². The van der Waals surface area contributed by atoms with Gasteiger partial charge in [0.15, 0.2) is 8.32 Å². The summed E-state index contributed by atoms with van der Waals surface area (Å²) in [5.41, 5.74) is 0.326. The van der Waals surface area contributed by atoms with Crippen LogP contribution in [0.25, 0.3) is 0 Å². The molecular weight excluding hydrogens is 464 g/mol. The highest BCUT2D eigenvalue weighted by molar-refractivity contribution is 6.73. The normalized spacial score (nSPS) is 28.6. The predicted molar refractivity (Wildman–Crippen MR) is 150 cm³/mol. The average Bonchev–Trinajstić information content (AvgIpc) is 3.23. The van der Waals surface area contributed by atoms with Crippen LogP contribution in [0.5, 0.6) is 0 Å². The van der Waals surface area contributed by atoms with E-state index in [9.17, 15) is 9.90 Å². The summed E-state index contributed by atoms with van der Waals surface area (Å²) in [6.45, 7) is 15.6. The molecule has 36 heavy (non-hydrogen) atoms. The van der Waals surface area contributed by atoms with Crippen LogP contribution < -0.4 is 0 Å². The molecule has 1 aromatic carbocycles. The van der Waals surface area contributed by atoms with Gasteiger partial charge in [-0.1, -0.05) is 65.0 Å². The van der Waals surface area contributed by atoms with Crippen LogP contribution in [0.4, 0.5) is 0 Å². The molecule has 1 aromatic rings. The number of benzene rings is 1. The van der Waals surface area contributed by atoms with Gasteiger partial charge in [0.1, 0.15) is 6.10 Å². The maximum atomic E-state index is 12.8. The maximum absolute atomic E-state index is 12.8. The van der Waals surface area contributed by atoms with E-state index in [0.717, 1.165) is 50.2 Å². The fourth-order valence-corrected chi connectivity index (χ4v) is 10.4. The van der Waals surface area contributed by atoms with Gasteiger partial charge in [-0.15, -0.1) is 0 Å². The first-order valence-corrected chi connectivity index (χ1v) is 16.9. The second kappa shape index (κ2) is 12.0. The van der Waals surface area contributed by atoms with Crippen LogP contribution in [-0.4, -0.2) is 37.2 Å². The van der Waals surface area contributed by atoms with Crippen LogP contribution in [0.3, 0.4) is 0 Å². The summed E-state index contributed by atoms with van der Waals surface area (Å²) < 4.78 is 12.8. The fraction of sp³-hybridized carbons (Fsp3) is 0.710. The van der Waals surface area contributed by atoms with E-state index in [2.05, 4.69) is 54.5 Å². The number of hydrogen-bond acceptors (Lipinski definition) is 4. The van der Waals surface area contributed by atoms with Gasteiger partial charge in [-0.05, 0) is 93.5 Å². The van der Waals surface area contributed by atoms with Crippen molar-refractivity contribution in [3.63, 3.8) is 0 Å². The first-order chi connectivity index (χ1) is 17.0. The minimum atomic E-state index is -1.73.